The Morgan fingerprint density at radius 2 is 1.70 bits per heavy atom. The minimum atomic E-state index is -3.90. The highest BCUT2D eigenvalue weighted by Crippen LogP contribution is 2.25. The van der Waals surface area contributed by atoms with Crippen molar-refractivity contribution in [1.82, 2.24) is 0 Å². The van der Waals surface area contributed by atoms with E-state index in [2.05, 4.69) is 10.6 Å². The van der Waals surface area contributed by atoms with E-state index in [0.29, 0.717) is 28.9 Å². The molecule has 0 bridgehead atoms. The fourth-order valence-corrected chi connectivity index (χ4v) is 4.61. The first-order valence-corrected chi connectivity index (χ1v) is 11.7. The lowest BCUT2D eigenvalue weighted by Crippen LogP contribution is -2.24. The van der Waals surface area contributed by atoms with Crippen LogP contribution in [0.4, 0.5) is 11.4 Å². The molecule has 0 heterocycles. The number of carbonyl (C=O) groups is 2. The van der Waals surface area contributed by atoms with Crippen molar-refractivity contribution in [3.8, 4) is 0 Å². The van der Waals surface area contributed by atoms with Gasteiger partial charge < -0.3 is 10.6 Å². The number of nitrogens with two attached hydrogens (primary N) is 1. The van der Waals surface area contributed by atoms with E-state index in [9.17, 15) is 18.0 Å². The molecule has 0 unspecified atom stereocenters. The van der Waals surface area contributed by atoms with Crippen LogP contribution in [0.2, 0.25) is 0 Å². The third-order valence-electron chi connectivity index (χ3n) is 5.38. The smallest absolute Gasteiger partial charge is 0.255 e. The van der Waals surface area contributed by atoms with Crippen LogP contribution in [0.3, 0.4) is 0 Å². The average molecular weight is 430 g/mol. The summed E-state index contributed by atoms with van der Waals surface area (Å²) in [5.41, 5.74) is 1.83. The number of hydrogen-bond acceptors (Lipinski definition) is 4. The van der Waals surface area contributed by atoms with Crippen LogP contribution >= 0.6 is 0 Å². The van der Waals surface area contributed by atoms with E-state index in [-0.39, 0.29) is 16.7 Å². The van der Waals surface area contributed by atoms with E-state index in [1.807, 2.05) is 6.92 Å². The van der Waals surface area contributed by atoms with Crippen LogP contribution < -0.4 is 15.8 Å². The highest BCUT2D eigenvalue weighted by atomic mass is 32.2. The lowest BCUT2D eigenvalue weighted by atomic mass is 9.88. The number of primary sulfonamides is 1. The number of carbonyl (C=O) groups excluding carboxylic acids is 2. The number of aryl methyl sites for hydroxylation is 1. The zero-order valence-corrected chi connectivity index (χ0v) is 17.8. The van der Waals surface area contributed by atoms with Gasteiger partial charge in [0.15, 0.2) is 0 Å². The first kappa shape index (κ1) is 22.0. The van der Waals surface area contributed by atoms with Gasteiger partial charge in [-0.25, -0.2) is 13.6 Å². The maximum atomic E-state index is 12.7. The Balaban J connectivity index is 1.73. The Morgan fingerprint density at radius 1 is 1.00 bits per heavy atom. The summed E-state index contributed by atoms with van der Waals surface area (Å²) in [6.45, 7) is 1.83. The van der Waals surface area contributed by atoms with Gasteiger partial charge in [0.25, 0.3) is 5.91 Å². The van der Waals surface area contributed by atoms with E-state index >= 15 is 0 Å². The Kier molecular flexibility index (Phi) is 6.89. The maximum Gasteiger partial charge on any atom is 0.255 e. The second-order valence-corrected chi connectivity index (χ2v) is 9.11. The molecule has 30 heavy (non-hydrogen) atoms. The highest BCUT2D eigenvalue weighted by molar-refractivity contribution is 7.89. The SMILES string of the molecule is CCc1ccc(NC(=O)c2cccc(NC(=O)C3CCCCC3)c2)cc1S(N)(=O)=O. The van der Waals surface area contributed by atoms with Crippen molar-refractivity contribution in [2.45, 2.75) is 50.3 Å². The second kappa shape index (κ2) is 9.40. The number of sulfonamides is 1. The summed E-state index contributed by atoms with van der Waals surface area (Å²) in [5, 5.41) is 10.9. The summed E-state index contributed by atoms with van der Waals surface area (Å²) in [4.78, 5) is 25.1. The molecule has 4 N–H and O–H groups in total. The number of hydrogen-bond donors (Lipinski definition) is 3. The topological polar surface area (TPSA) is 118 Å². The first-order chi connectivity index (χ1) is 14.3. The van der Waals surface area contributed by atoms with Crippen molar-refractivity contribution in [3.63, 3.8) is 0 Å². The molecule has 0 saturated heterocycles. The Morgan fingerprint density at radius 3 is 2.37 bits per heavy atom. The van der Waals surface area contributed by atoms with Crippen LogP contribution in [0, 0.1) is 5.92 Å². The molecule has 3 rings (SSSR count). The van der Waals surface area contributed by atoms with Crippen molar-refractivity contribution in [1.29, 1.82) is 0 Å². The van der Waals surface area contributed by atoms with Crippen molar-refractivity contribution in [2.24, 2.45) is 11.1 Å². The van der Waals surface area contributed by atoms with Crippen molar-refractivity contribution >= 4 is 33.2 Å². The molecule has 7 nitrogen and oxygen atoms in total. The van der Waals surface area contributed by atoms with E-state index in [0.717, 1.165) is 25.7 Å². The summed E-state index contributed by atoms with van der Waals surface area (Å²) >= 11 is 0. The standard InChI is InChI=1S/C22H27N3O4S/c1-2-15-11-12-19(14-20(15)30(23,28)29)25-22(27)17-9-6-10-18(13-17)24-21(26)16-7-4-3-5-8-16/h6,9-14,16H,2-5,7-8H2,1H3,(H,24,26)(H,25,27)(H2,23,28,29). The molecule has 0 spiro atoms. The van der Waals surface area contributed by atoms with Crippen LogP contribution in [0.5, 0.6) is 0 Å². The van der Waals surface area contributed by atoms with E-state index < -0.39 is 15.9 Å². The van der Waals surface area contributed by atoms with Crippen LogP contribution in [-0.2, 0) is 21.2 Å². The Labute approximate surface area is 177 Å². The van der Waals surface area contributed by atoms with Gasteiger partial charge in [0, 0.05) is 22.9 Å². The van der Waals surface area contributed by atoms with E-state index in [1.165, 1.54) is 12.5 Å². The third kappa shape index (κ3) is 5.46. The summed E-state index contributed by atoms with van der Waals surface area (Å²) in [7, 11) is -3.90. The lowest BCUT2D eigenvalue weighted by molar-refractivity contribution is -0.120. The number of nitrogens with one attached hydrogen (secondary N) is 2. The molecule has 8 heteroatoms. The number of anilines is 2. The molecular weight excluding hydrogens is 402 g/mol. The highest BCUT2D eigenvalue weighted by Gasteiger charge is 2.21. The zero-order valence-electron chi connectivity index (χ0n) is 17.0. The predicted molar refractivity (Wildman–Crippen MR) is 117 cm³/mol. The van der Waals surface area contributed by atoms with Crippen molar-refractivity contribution < 1.29 is 18.0 Å². The van der Waals surface area contributed by atoms with E-state index in [4.69, 9.17) is 5.14 Å². The number of benzene rings is 2. The predicted octanol–water partition coefficient (Wildman–Crippen LogP) is 3.67. The molecule has 2 aromatic rings. The normalized spacial score (nSPS) is 14.9. The monoisotopic (exact) mass is 429 g/mol. The molecule has 0 aromatic heterocycles. The molecule has 0 atom stereocenters. The molecule has 1 aliphatic rings. The van der Waals surface area contributed by atoms with Gasteiger partial charge in [0.2, 0.25) is 15.9 Å². The molecule has 2 amide bonds. The number of amides is 2. The van der Waals surface area contributed by atoms with Gasteiger partial charge in [-0.1, -0.05) is 38.3 Å². The third-order valence-corrected chi connectivity index (χ3v) is 6.37. The molecular formula is C22H27N3O4S. The van der Waals surface area contributed by atoms with Gasteiger partial charge in [-0.2, -0.15) is 0 Å². The van der Waals surface area contributed by atoms with Gasteiger partial charge in [-0.05, 0) is 55.2 Å². The maximum absolute atomic E-state index is 12.7. The van der Waals surface area contributed by atoms with Gasteiger partial charge in [-0.3, -0.25) is 9.59 Å². The summed E-state index contributed by atoms with van der Waals surface area (Å²) < 4.78 is 23.6. The fraction of sp³-hybridized carbons (Fsp3) is 0.364. The second-order valence-electron chi connectivity index (χ2n) is 7.58. The largest absolute Gasteiger partial charge is 0.326 e. The quantitative estimate of drug-likeness (QED) is 0.649. The minimum Gasteiger partial charge on any atom is -0.326 e. The van der Waals surface area contributed by atoms with Crippen molar-refractivity contribution in [3.05, 3.63) is 53.6 Å². The van der Waals surface area contributed by atoms with Crippen LogP contribution in [0.25, 0.3) is 0 Å². The average Bonchev–Trinajstić information content (AvgIpc) is 2.74. The molecule has 2 aromatic carbocycles. The van der Waals surface area contributed by atoms with Crippen LogP contribution in [0.1, 0.15) is 54.9 Å². The zero-order chi connectivity index (χ0) is 21.7. The Bertz CT molecular complexity index is 1040. The number of rotatable bonds is 6. The first-order valence-electron chi connectivity index (χ1n) is 10.2. The lowest BCUT2D eigenvalue weighted by Gasteiger charge is -2.20. The summed E-state index contributed by atoms with van der Waals surface area (Å²) in [6.07, 6.45) is 5.60. The summed E-state index contributed by atoms with van der Waals surface area (Å²) in [6, 6.07) is 11.3. The molecule has 1 fully saturated rings. The summed E-state index contributed by atoms with van der Waals surface area (Å²) in [5.74, 6) is -0.404. The fourth-order valence-electron chi connectivity index (χ4n) is 3.74. The van der Waals surface area contributed by atoms with E-state index in [1.54, 1.807) is 36.4 Å². The van der Waals surface area contributed by atoms with Gasteiger partial charge in [0.05, 0.1) is 4.90 Å². The van der Waals surface area contributed by atoms with Gasteiger partial charge >= 0.3 is 0 Å². The minimum absolute atomic E-state index is 0.00343. The molecule has 1 aliphatic carbocycles. The van der Waals surface area contributed by atoms with Crippen LogP contribution in [-0.4, -0.2) is 20.2 Å². The van der Waals surface area contributed by atoms with Gasteiger partial charge in [0.1, 0.15) is 0 Å². The van der Waals surface area contributed by atoms with Gasteiger partial charge in [-0.15, -0.1) is 0 Å². The Hall–Kier alpha value is -2.71. The van der Waals surface area contributed by atoms with Crippen molar-refractivity contribution in [2.75, 3.05) is 10.6 Å². The molecule has 0 radical (unpaired) electrons. The molecule has 160 valence electrons. The van der Waals surface area contributed by atoms with Crippen LogP contribution in [0.15, 0.2) is 47.4 Å². The molecule has 0 aliphatic heterocycles. The molecule has 1 saturated carbocycles.